The van der Waals surface area contributed by atoms with Crippen LogP contribution in [0.3, 0.4) is 0 Å². The quantitative estimate of drug-likeness (QED) is 0.506. The lowest BCUT2D eigenvalue weighted by Crippen LogP contribution is -2.49. The van der Waals surface area contributed by atoms with Gasteiger partial charge in [-0.2, -0.15) is 0 Å². The maximum Gasteiger partial charge on any atom is 0.240 e. The summed E-state index contributed by atoms with van der Waals surface area (Å²) in [5, 5.41) is 21.2. The Morgan fingerprint density at radius 1 is 0.971 bits per heavy atom. The van der Waals surface area contributed by atoms with Crippen LogP contribution in [0.2, 0.25) is 5.02 Å². The summed E-state index contributed by atoms with van der Waals surface area (Å²) in [5.74, 6) is -0.175. The molecule has 2 aromatic carbocycles. The third-order valence-corrected chi connectivity index (χ3v) is 7.88. The van der Waals surface area contributed by atoms with Crippen LogP contribution >= 0.6 is 11.6 Å². The van der Waals surface area contributed by atoms with Gasteiger partial charge in [-0.15, -0.1) is 0 Å². The predicted octanol–water partition coefficient (Wildman–Crippen LogP) is 0.846. The van der Waals surface area contributed by atoms with Crippen molar-refractivity contribution >= 4 is 33.2 Å². The number of halogens is 1. The molecule has 0 aliphatic carbocycles. The molecule has 2 heterocycles. The number of sulfonamides is 1. The van der Waals surface area contributed by atoms with Crippen LogP contribution in [0.1, 0.15) is 6.42 Å². The molecule has 184 valence electrons. The number of aliphatic hydroxyl groups excluding tert-OH is 2. The van der Waals surface area contributed by atoms with Crippen LogP contribution in [0.5, 0.6) is 0 Å². The van der Waals surface area contributed by atoms with Gasteiger partial charge in [0.15, 0.2) is 0 Å². The molecule has 2 aromatic rings. The van der Waals surface area contributed by atoms with Gasteiger partial charge < -0.3 is 24.7 Å². The predicted molar refractivity (Wildman–Crippen MR) is 127 cm³/mol. The largest absolute Gasteiger partial charge is 0.388 e. The van der Waals surface area contributed by atoms with Crippen LogP contribution in [0.4, 0.5) is 5.69 Å². The summed E-state index contributed by atoms with van der Waals surface area (Å²) >= 11 is 5.80. The van der Waals surface area contributed by atoms with Gasteiger partial charge in [-0.25, -0.2) is 13.1 Å². The number of para-hydroxylation sites is 1. The smallest absolute Gasteiger partial charge is 0.240 e. The third-order valence-electron chi connectivity index (χ3n) is 6.19. The fourth-order valence-corrected chi connectivity index (χ4v) is 5.38. The first-order valence-corrected chi connectivity index (χ1v) is 13.0. The molecule has 2 fully saturated rings. The number of anilines is 1. The van der Waals surface area contributed by atoms with Crippen molar-refractivity contribution < 1.29 is 28.2 Å². The lowest BCUT2D eigenvalue weighted by atomic mass is 10.0. The highest BCUT2D eigenvalue weighted by atomic mass is 35.5. The van der Waals surface area contributed by atoms with Crippen molar-refractivity contribution in [2.75, 3.05) is 37.6 Å². The Morgan fingerprint density at radius 2 is 1.59 bits per heavy atom. The van der Waals surface area contributed by atoms with Gasteiger partial charge in [0.25, 0.3) is 0 Å². The first-order chi connectivity index (χ1) is 16.2. The minimum absolute atomic E-state index is 0.0197. The Morgan fingerprint density at radius 3 is 2.24 bits per heavy atom. The number of aliphatic hydroxyl groups is 2. The Hall–Kier alpha value is -2.21. The minimum Gasteiger partial charge on any atom is -0.388 e. The minimum atomic E-state index is -3.85. The average molecular weight is 510 g/mol. The van der Waals surface area contributed by atoms with E-state index in [1.807, 2.05) is 30.3 Å². The molecule has 2 saturated heterocycles. The maximum atomic E-state index is 12.8. The SMILES string of the molecule is O=C(C[C@@H]1O[C@H](CNS(=O)(=O)c2ccc(Cl)cc2)[C@@H](O)[C@@H]1O)N1CCN(c2ccccc2)CC1. The van der Waals surface area contributed by atoms with Crippen molar-refractivity contribution in [1.82, 2.24) is 9.62 Å². The molecule has 0 bridgehead atoms. The molecular weight excluding hydrogens is 482 g/mol. The highest BCUT2D eigenvalue weighted by Gasteiger charge is 2.44. The van der Waals surface area contributed by atoms with Crippen molar-refractivity contribution in [2.45, 2.75) is 35.7 Å². The lowest BCUT2D eigenvalue weighted by Gasteiger charge is -2.36. The average Bonchev–Trinajstić information content (AvgIpc) is 3.11. The van der Waals surface area contributed by atoms with Gasteiger partial charge in [0.1, 0.15) is 18.3 Å². The Balaban J connectivity index is 1.28. The van der Waals surface area contributed by atoms with Crippen molar-refractivity contribution in [3.05, 3.63) is 59.6 Å². The first-order valence-electron chi connectivity index (χ1n) is 11.1. The summed E-state index contributed by atoms with van der Waals surface area (Å²) in [6.45, 7) is 2.24. The highest BCUT2D eigenvalue weighted by molar-refractivity contribution is 7.89. The van der Waals surface area contributed by atoms with Gasteiger partial charge in [0.05, 0.1) is 17.4 Å². The van der Waals surface area contributed by atoms with Crippen LogP contribution in [-0.2, 0) is 19.6 Å². The number of carbonyl (C=O) groups excluding carboxylic acids is 1. The number of nitrogens with zero attached hydrogens (tertiary/aromatic N) is 2. The molecule has 1 amide bonds. The van der Waals surface area contributed by atoms with Crippen LogP contribution in [0, 0.1) is 0 Å². The normalized spacial score (nSPS) is 25.5. The number of hydrogen-bond donors (Lipinski definition) is 3. The third kappa shape index (κ3) is 5.70. The second kappa shape index (κ2) is 10.6. The van der Waals surface area contributed by atoms with Crippen LogP contribution < -0.4 is 9.62 Å². The zero-order valence-corrected chi connectivity index (χ0v) is 20.0. The summed E-state index contributed by atoms with van der Waals surface area (Å²) in [6, 6.07) is 15.6. The van der Waals surface area contributed by atoms with Crippen molar-refractivity contribution in [2.24, 2.45) is 0 Å². The van der Waals surface area contributed by atoms with Crippen LogP contribution in [0.15, 0.2) is 59.5 Å². The molecule has 2 aliphatic rings. The number of rotatable bonds is 7. The van der Waals surface area contributed by atoms with Gasteiger partial charge in [0.2, 0.25) is 15.9 Å². The zero-order chi connectivity index (χ0) is 24.3. The molecule has 0 radical (unpaired) electrons. The number of carbonyl (C=O) groups is 1. The number of amides is 1. The number of piperazine rings is 1. The van der Waals surface area contributed by atoms with Gasteiger partial charge in [-0.05, 0) is 36.4 Å². The standard InChI is InChI=1S/C23H28ClN3O6S/c24-16-6-8-18(9-7-16)34(31,32)25-15-20-23(30)22(29)19(33-20)14-21(28)27-12-10-26(11-13-27)17-4-2-1-3-5-17/h1-9,19-20,22-23,25,29-30H,10-15H2/t19-,20+,22+,23+/m0/s1. The van der Waals surface area contributed by atoms with E-state index in [9.17, 15) is 23.4 Å². The van der Waals surface area contributed by atoms with Crippen molar-refractivity contribution in [1.29, 1.82) is 0 Å². The molecular formula is C23H28ClN3O6S. The summed E-state index contributed by atoms with van der Waals surface area (Å²) in [7, 11) is -3.85. The fourth-order valence-electron chi connectivity index (χ4n) is 4.21. The van der Waals surface area contributed by atoms with E-state index in [1.54, 1.807) is 4.90 Å². The van der Waals surface area contributed by atoms with E-state index in [2.05, 4.69) is 9.62 Å². The second-order valence-corrected chi connectivity index (χ2v) is 10.6. The summed E-state index contributed by atoms with van der Waals surface area (Å²) < 4.78 is 33.0. The molecule has 4 rings (SSSR count). The molecule has 0 spiro atoms. The first kappa shape index (κ1) is 24.9. The molecule has 0 aromatic heterocycles. The van der Waals surface area contributed by atoms with Gasteiger partial charge in [-0.3, -0.25) is 4.79 Å². The van der Waals surface area contributed by atoms with Gasteiger partial charge in [0, 0.05) is 43.4 Å². The van der Waals surface area contributed by atoms with E-state index in [0.29, 0.717) is 31.2 Å². The van der Waals surface area contributed by atoms with E-state index < -0.39 is 34.4 Å². The summed E-state index contributed by atoms with van der Waals surface area (Å²) in [6.07, 6.45) is -4.60. The Bertz CT molecular complexity index is 1080. The van der Waals surface area contributed by atoms with Gasteiger partial charge in [-0.1, -0.05) is 29.8 Å². The Kier molecular flexibility index (Phi) is 7.76. The molecule has 34 heavy (non-hydrogen) atoms. The topological polar surface area (TPSA) is 119 Å². The van der Waals surface area contributed by atoms with Crippen LogP contribution in [0.25, 0.3) is 0 Å². The lowest BCUT2D eigenvalue weighted by molar-refractivity contribution is -0.135. The number of benzene rings is 2. The highest BCUT2D eigenvalue weighted by Crippen LogP contribution is 2.25. The molecule has 9 nitrogen and oxygen atoms in total. The molecule has 0 saturated carbocycles. The second-order valence-electron chi connectivity index (χ2n) is 8.41. The summed E-state index contributed by atoms with van der Waals surface area (Å²) in [4.78, 5) is 16.7. The maximum absolute atomic E-state index is 12.8. The summed E-state index contributed by atoms with van der Waals surface area (Å²) in [5.41, 5.74) is 1.11. The number of hydrogen-bond acceptors (Lipinski definition) is 7. The van der Waals surface area contributed by atoms with E-state index in [0.717, 1.165) is 5.69 Å². The van der Waals surface area contributed by atoms with E-state index in [-0.39, 0.29) is 23.8 Å². The fraction of sp³-hybridized carbons (Fsp3) is 0.435. The van der Waals surface area contributed by atoms with E-state index in [1.165, 1.54) is 24.3 Å². The number of nitrogens with one attached hydrogen (secondary N) is 1. The molecule has 0 unspecified atom stereocenters. The Labute approximate surface area is 203 Å². The van der Waals surface area contributed by atoms with Crippen LogP contribution in [-0.4, -0.2) is 86.6 Å². The van der Waals surface area contributed by atoms with Gasteiger partial charge >= 0.3 is 0 Å². The molecule has 4 atom stereocenters. The van der Waals surface area contributed by atoms with Crippen molar-refractivity contribution in [3.63, 3.8) is 0 Å². The van der Waals surface area contributed by atoms with E-state index in [4.69, 9.17) is 16.3 Å². The zero-order valence-electron chi connectivity index (χ0n) is 18.5. The number of ether oxygens (including phenoxy) is 1. The molecule has 3 N–H and O–H groups in total. The molecule has 2 aliphatic heterocycles. The van der Waals surface area contributed by atoms with Crippen molar-refractivity contribution in [3.8, 4) is 0 Å². The molecule has 11 heteroatoms. The monoisotopic (exact) mass is 509 g/mol. The van der Waals surface area contributed by atoms with E-state index >= 15 is 0 Å².